The monoisotopic (exact) mass is 309 g/mol. The number of hydrogen-bond acceptors (Lipinski definition) is 3. The van der Waals surface area contributed by atoms with Crippen molar-refractivity contribution in [1.82, 2.24) is 10.6 Å². The van der Waals surface area contributed by atoms with E-state index in [1.807, 2.05) is 0 Å². The molecule has 2 amide bonds. The van der Waals surface area contributed by atoms with Crippen LogP contribution in [0, 0.1) is 17.1 Å². The molecular formula is C15H17F2N3O2. The number of nitrogens with zero attached hydrogens (tertiary/aromatic N) is 1. The molecule has 0 spiro atoms. The lowest BCUT2D eigenvalue weighted by molar-refractivity contribution is -0.123. The van der Waals surface area contributed by atoms with E-state index < -0.39 is 29.3 Å². The van der Waals surface area contributed by atoms with E-state index in [0.29, 0.717) is 0 Å². The normalized spacial score (nSPS) is 12.1. The van der Waals surface area contributed by atoms with Crippen LogP contribution in [-0.4, -0.2) is 30.1 Å². The topological polar surface area (TPSA) is 82.0 Å². The van der Waals surface area contributed by atoms with Crippen molar-refractivity contribution < 1.29 is 18.4 Å². The fourth-order valence-corrected chi connectivity index (χ4v) is 1.79. The van der Waals surface area contributed by atoms with Gasteiger partial charge in [-0.1, -0.05) is 0 Å². The molecular weight excluding hydrogens is 292 g/mol. The Morgan fingerprint density at radius 2 is 1.91 bits per heavy atom. The first kappa shape index (κ1) is 17.6. The molecule has 7 heteroatoms. The van der Waals surface area contributed by atoms with Crippen LogP contribution in [0.4, 0.5) is 8.78 Å². The molecule has 5 nitrogen and oxygen atoms in total. The van der Waals surface area contributed by atoms with Crippen LogP contribution in [0.5, 0.6) is 0 Å². The molecule has 0 aliphatic rings. The Hall–Kier alpha value is -2.49. The van der Waals surface area contributed by atoms with Gasteiger partial charge in [-0.15, -0.1) is 0 Å². The maximum Gasteiger partial charge on any atom is 0.251 e. The summed E-state index contributed by atoms with van der Waals surface area (Å²) in [6, 6.07) is 5.33. The van der Waals surface area contributed by atoms with Gasteiger partial charge >= 0.3 is 0 Å². The highest BCUT2D eigenvalue weighted by Crippen LogP contribution is 2.17. The number of rotatable bonds is 6. The molecule has 0 aliphatic heterocycles. The van der Waals surface area contributed by atoms with Crippen molar-refractivity contribution >= 4 is 11.8 Å². The minimum atomic E-state index is -1.69. The molecule has 0 aliphatic carbocycles. The highest BCUT2D eigenvalue weighted by atomic mass is 19.1. The van der Waals surface area contributed by atoms with E-state index in [4.69, 9.17) is 5.26 Å². The summed E-state index contributed by atoms with van der Waals surface area (Å²) in [5.74, 6) is -1.77. The summed E-state index contributed by atoms with van der Waals surface area (Å²) in [4.78, 5) is 23.9. The Kier molecular flexibility index (Phi) is 5.99. The van der Waals surface area contributed by atoms with E-state index in [1.165, 1.54) is 26.0 Å². The Morgan fingerprint density at radius 3 is 2.41 bits per heavy atom. The molecule has 1 rings (SSSR count). The Balaban J connectivity index is 2.83. The third kappa shape index (κ3) is 5.87. The minimum absolute atomic E-state index is 0.149. The lowest BCUT2D eigenvalue weighted by atomic mass is 9.99. The number of benzene rings is 1. The van der Waals surface area contributed by atoms with Crippen LogP contribution < -0.4 is 10.6 Å². The van der Waals surface area contributed by atoms with Crippen molar-refractivity contribution in [3.05, 3.63) is 35.6 Å². The second-order valence-electron chi connectivity index (χ2n) is 5.33. The van der Waals surface area contributed by atoms with Gasteiger partial charge in [-0.25, -0.2) is 8.78 Å². The first-order valence-electron chi connectivity index (χ1n) is 6.63. The van der Waals surface area contributed by atoms with Gasteiger partial charge in [-0.2, -0.15) is 5.26 Å². The zero-order valence-electron chi connectivity index (χ0n) is 12.3. The van der Waals surface area contributed by atoms with Gasteiger partial charge in [0.15, 0.2) is 0 Å². The minimum Gasteiger partial charge on any atom is -0.341 e. The number of nitrogens with one attached hydrogen (secondary N) is 2. The van der Waals surface area contributed by atoms with E-state index in [2.05, 4.69) is 10.6 Å². The summed E-state index contributed by atoms with van der Waals surface area (Å²) in [6.45, 7) is 2.32. The maximum atomic E-state index is 13.8. The first-order valence-corrected chi connectivity index (χ1v) is 6.63. The Labute approximate surface area is 127 Å². The van der Waals surface area contributed by atoms with Crippen LogP contribution in [0.3, 0.4) is 0 Å². The second kappa shape index (κ2) is 7.50. The second-order valence-corrected chi connectivity index (χ2v) is 5.33. The highest BCUT2D eigenvalue weighted by Gasteiger charge is 2.29. The summed E-state index contributed by atoms with van der Waals surface area (Å²) in [5, 5.41) is 13.1. The Morgan fingerprint density at radius 1 is 1.32 bits per heavy atom. The van der Waals surface area contributed by atoms with Crippen molar-refractivity contribution in [2.24, 2.45) is 0 Å². The Bertz CT molecular complexity index is 574. The predicted octanol–water partition coefficient (Wildman–Crippen LogP) is 1.70. The predicted molar refractivity (Wildman–Crippen MR) is 76.1 cm³/mol. The van der Waals surface area contributed by atoms with Gasteiger partial charge in [0.2, 0.25) is 5.91 Å². The van der Waals surface area contributed by atoms with Crippen LogP contribution in [0.15, 0.2) is 24.3 Å². The molecule has 118 valence electrons. The lowest BCUT2D eigenvalue weighted by Crippen LogP contribution is -2.49. The zero-order chi connectivity index (χ0) is 16.8. The fourth-order valence-electron chi connectivity index (χ4n) is 1.79. The van der Waals surface area contributed by atoms with Gasteiger partial charge in [0, 0.05) is 12.0 Å². The summed E-state index contributed by atoms with van der Waals surface area (Å²) in [5.41, 5.74) is -1.54. The third-order valence-electron chi connectivity index (χ3n) is 2.76. The molecule has 1 atom stereocenters. The molecule has 0 unspecified atom stereocenters. The van der Waals surface area contributed by atoms with Gasteiger partial charge in [-0.3, -0.25) is 9.59 Å². The van der Waals surface area contributed by atoms with Crippen molar-refractivity contribution in [3.63, 3.8) is 0 Å². The SMILES string of the molecule is CC(C)(F)C[C@H](NC(=O)c1ccc(F)cc1)C(=O)NCC#N. The third-order valence-corrected chi connectivity index (χ3v) is 2.76. The van der Waals surface area contributed by atoms with Crippen molar-refractivity contribution in [2.75, 3.05) is 6.54 Å². The van der Waals surface area contributed by atoms with Crippen molar-refractivity contribution in [3.8, 4) is 6.07 Å². The molecule has 1 aromatic carbocycles. The number of carbonyl (C=O) groups is 2. The van der Waals surface area contributed by atoms with Crippen molar-refractivity contribution in [2.45, 2.75) is 32.0 Å². The average molecular weight is 309 g/mol. The molecule has 1 aromatic rings. The van der Waals surface area contributed by atoms with Crippen LogP contribution in [0.1, 0.15) is 30.6 Å². The van der Waals surface area contributed by atoms with Gasteiger partial charge in [0.05, 0.1) is 6.07 Å². The number of carbonyl (C=O) groups excluding carboxylic acids is 2. The van der Waals surface area contributed by atoms with E-state index in [0.717, 1.165) is 12.1 Å². The number of nitriles is 1. The number of alkyl halides is 1. The van der Waals surface area contributed by atoms with Gasteiger partial charge in [0.1, 0.15) is 24.1 Å². The van der Waals surface area contributed by atoms with Crippen LogP contribution in [-0.2, 0) is 4.79 Å². The fraction of sp³-hybridized carbons (Fsp3) is 0.400. The van der Waals surface area contributed by atoms with Crippen LogP contribution in [0.25, 0.3) is 0 Å². The van der Waals surface area contributed by atoms with Crippen LogP contribution in [0.2, 0.25) is 0 Å². The molecule has 0 heterocycles. The number of amides is 2. The van der Waals surface area contributed by atoms with Gasteiger partial charge in [0.25, 0.3) is 5.91 Å². The molecule has 0 radical (unpaired) electrons. The van der Waals surface area contributed by atoms with E-state index in [-0.39, 0.29) is 18.5 Å². The summed E-state index contributed by atoms with van der Waals surface area (Å²) in [6.07, 6.45) is -0.253. The molecule has 0 saturated carbocycles. The standard InChI is InChI=1S/C15H17F2N3O2/c1-15(2,17)9-12(14(22)19-8-7-18)20-13(21)10-3-5-11(16)6-4-10/h3-6,12H,8-9H2,1-2H3,(H,19,22)(H,20,21)/t12-/m0/s1. The lowest BCUT2D eigenvalue weighted by Gasteiger charge is -2.23. The molecule has 0 bridgehead atoms. The molecule has 0 fully saturated rings. The largest absolute Gasteiger partial charge is 0.341 e. The van der Waals surface area contributed by atoms with E-state index in [1.54, 1.807) is 6.07 Å². The summed E-state index contributed by atoms with van der Waals surface area (Å²) >= 11 is 0. The zero-order valence-corrected chi connectivity index (χ0v) is 12.3. The molecule has 22 heavy (non-hydrogen) atoms. The van der Waals surface area contributed by atoms with Gasteiger partial charge in [-0.05, 0) is 38.1 Å². The molecule has 0 saturated heterocycles. The van der Waals surface area contributed by atoms with E-state index in [9.17, 15) is 18.4 Å². The van der Waals surface area contributed by atoms with Gasteiger partial charge < -0.3 is 10.6 Å². The van der Waals surface area contributed by atoms with Crippen molar-refractivity contribution in [1.29, 1.82) is 5.26 Å². The summed E-state index contributed by atoms with van der Waals surface area (Å²) < 4.78 is 26.6. The average Bonchev–Trinajstić information content (AvgIpc) is 2.43. The van der Waals surface area contributed by atoms with E-state index >= 15 is 0 Å². The maximum absolute atomic E-state index is 13.8. The summed E-state index contributed by atoms with van der Waals surface area (Å²) in [7, 11) is 0. The number of hydrogen-bond donors (Lipinski definition) is 2. The number of halogens is 2. The highest BCUT2D eigenvalue weighted by molar-refractivity contribution is 5.97. The molecule has 0 aromatic heterocycles. The first-order chi connectivity index (χ1) is 10.2. The smallest absolute Gasteiger partial charge is 0.251 e. The quantitative estimate of drug-likeness (QED) is 0.785. The van der Waals surface area contributed by atoms with Crippen LogP contribution >= 0.6 is 0 Å². The molecule has 2 N–H and O–H groups in total.